The number of hydrogen-bond donors (Lipinski definition) is 3. The zero-order valence-electron chi connectivity index (χ0n) is 24.3. The highest BCUT2D eigenvalue weighted by atomic mass is 35.5. The standard InChI is InChI=1S/C28H44Cl2N4O5/c1-14(35)21(36)18(12-16-10-9-11-16)32-23(37)20-19-17(28(19,29)30)13-34(20)24(38)22(27(6,7)8)33-25(39)31-15(2)26(3,4)5/h15-20,22H,9-13H2,1-8H3,(H,32,37)(H2,31,33,39)/t15?,17-,18-,19-,20-,22+/m0/s1. The van der Waals surface area contributed by atoms with Crippen molar-refractivity contribution in [2.24, 2.45) is 28.6 Å². The van der Waals surface area contributed by atoms with Crippen LogP contribution in [0.25, 0.3) is 0 Å². The summed E-state index contributed by atoms with van der Waals surface area (Å²) in [7, 11) is 0. The first-order valence-corrected chi connectivity index (χ1v) is 14.6. The Labute approximate surface area is 241 Å². The van der Waals surface area contributed by atoms with E-state index in [9.17, 15) is 24.0 Å². The van der Waals surface area contributed by atoms with Crippen molar-refractivity contribution in [2.75, 3.05) is 6.54 Å². The molecule has 3 fully saturated rings. The lowest BCUT2D eigenvalue weighted by atomic mass is 9.80. The summed E-state index contributed by atoms with van der Waals surface area (Å²) >= 11 is 13.0. The van der Waals surface area contributed by atoms with Crippen molar-refractivity contribution in [3.63, 3.8) is 0 Å². The number of likely N-dealkylation sites (tertiary alicyclic amines) is 1. The number of Topliss-reactive ketones (excluding diaryl/α,β-unsaturated/α-hetero) is 2. The van der Waals surface area contributed by atoms with Crippen molar-refractivity contribution in [2.45, 2.75) is 110 Å². The second-order valence-corrected chi connectivity index (χ2v) is 15.2. The van der Waals surface area contributed by atoms with Crippen molar-refractivity contribution in [3.05, 3.63) is 0 Å². The van der Waals surface area contributed by atoms with Crippen LogP contribution in [0.4, 0.5) is 4.79 Å². The molecule has 1 unspecified atom stereocenters. The molecule has 220 valence electrons. The Morgan fingerprint density at radius 2 is 1.54 bits per heavy atom. The molecule has 3 rings (SSSR count). The Kier molecular flexibility index (Phi) is 9.08. The summed E-state index contributed by atoms with van der Waals surface area (Å²) < 4.78 is -1.17. The van der Waals surface area contributed by atoms with E-state index in [0.29, 0.717) is 6.42 Å². The number of carbonyl (C=O) groups is 5. The van der Waals surface area contributed by atoms with E-state index in [1.54, 1.807) is 0 Å². The number of carbonyl (C=O) groups excluding carboxylic acids is 5. The Balaban J connectivity index is 1.82. The van der Waals surface area contributed by atoms with Gasteiger partial charge in [0.15, 0.2) is 5.78 Å². The van der Waals surface area contributed by atoms with Gasteiger partial charge in [-0.3, -0.25) is 19.2 Å². The van der Waals surface area contributed by atoms with Gasteiger partial charge in [-0.2, -0.15) is 0 Å². The summed E-state index contributed by atoms with van der Waals surface area (Å²) in [6.45, 7) is 14.8. The summed E-state index contributed by atoms with van der Waals surface area (Å²) in [5, 5.41) is 8.48. The minimum absolute atomic E-state index is 0.150. The first-order valence-electron chi connectivity index (χ1n) is 13.9. The molecule has 9 nitrogen and oxygen atoms in total. The van der Waals surface area contributed by atoms with Crippen LogP contribution in [-0.2, 0) is 19.2 Å². The van der Waals surface area contributed by atoms with E-state index in [2.05, 4.69) is 16.0 Å². The second kappa shape index (κ2) is 11.2. The first kappa shape index (κ1) is 31.7. The molecule has 11 heteroatoms. The van der Waals surface area contributed by atoms with Crippen molar-refractivity contribution >= 4 is 52.6 Å². The lowest BCUT2D eigenvalue weighted by Gasteiger charge is -2.38. The molecule has 1 saturated heterocycles. The number of alkyl halides is 2. The predicted octanol–water partition coefficient (Wildman–Crippen LogP) is 3.60. The minimum atomic E-state index is -1.17. The molecule has 1 aliphatic heterocycles. The van der Waals surface area contributed by atoms with Crippen LogP contribution in [0.5, 0.6) is 0 Å². The molecule has 3 aliphatic rings. The Morgan fingerprint density at radius 1 is 0.949 bits per heavy atom. The molecule has 0 radical (unpaired) electrons. The average molecular weight is 588 g/mol. The SMILES string of the molecule is CC(=O)C(=O)[C@H](CC1CCC1)NC(=O)[C@@H]1[C@@H]2[C@H](CN1C(=O)[C@@H](NC(=O)NC(C)C(C)(C)C)C(C)(C)C)C2(Cl)Cl. The molecule has 0 aromatic rings. The number of amides is 4. The fourth-order valence-corrected chi connectivity index (χ4v) is 6.16. The summed E-state index contributed by atoms with van der Waals surface area (Å²) in [5.41, 5.74) is -0.862. The van der Waals surface area contributed by atoms with Gasteiger partial charge in [0, 0.05) is 31.3 Å². The number of nitrogens with zero attached hydrogens (tertiary/aromatic N) is 1. The number of piperidine rings is 1. The van der Waals surface area contributed by atoms with Gasteiger partial charge in [0.2, 0.25) is 17.6 Å². The molecular formula is C28H44Cl2N4O5. The van der Waals surface area contributed by atoms with Gasteiger partial charge < -0.3 is 20.9 Å². The Bertz CT molecular complexity index is 1010. The highest BCUT2D eigenvalue weighted by Crippen LogP contribution is 2.65. The van der Waals surface area contributed by atoms with Gasteiger partial charge >= 0.3 is 6.03 Å². The summed E-state index contributed by atoms with van der Waals surface area (Å²) in [6, 6.07) is -3.57. The van der Waals surface area contributed by atoms with Crippen LogP contribution in [0.2, 0.25) is 0 Å². The maximum Gasteiger partial charge on any atom is 0.315 e. The quantitative estimate of drug-likeness (QED) is 0.281. The molecule has 0 spiro atoms. The number of urea groups is 1. The third-order valence-corrected chi connectivity index (χ3v) is 9.76. The van der Waals surface area contributed by atoms with Gasteiger partial charge in [0.05, 0.1) is 6.04 Å². The van der Waals surface area contributed by atoms with Crippen LogP contribution in [0, 0.1) is 28.6 Å². The predicted molar refractivity (Wildman–Crippen MR) is 150 cm³/mol. The number of ketones is 2. The minimum Gasteiger partial charge on any atom is -0.344 e. The molecule has 0 aromatic carbocycles. The number of fused-ring (bicyclic) bond motifs is 1. The van der Waals surface area contributed by atoms with Crippen molar-refractivity contribution in [3.8, 4) is 0 Å². The van der Waals surface area contributed by atoms with E-state index in [1.807, 2.05) is 48.5 Å². The van der Waals surface area contributed by atoms with Crippen molar-refractivity contribution in [1.29, 1.82) is 0 Å². The summed E-state index contributed by atoms with van der Waals surface area (Å²) in [5.74, 6) is -2.83. The maximum atomic E-state index is 14.0. The molecule has 4 amide bonds. The zero-order chi connectivity index (χ0) is 29.7. The molecule has 3 N–H and O–H groups in total. The lowest BCUT2D eigenvalue weighted by Crippen LogP contribution is -2.62. The topological polar surface area (TPSA) is 125 Å². The van der Waals surface area contributed by atoms with E-state index < -0.39 is 63.2 Å². The van der Waals surface area contributed by atoms with E-state index in [0.717, 1.165) is 19.3 Å². The molecule has 2 aliphatic carbocycles. The number of hydrogen-bond acceptors (Lipinski definition) is 5. The largest absolute Gasteiger partial charge is 0.344 e. The molecule has 1 heterocycles. The van der Waals surface area contributed by atoms with Crippen LogP contribution >= 0.6 is 23.2 Å². The summed E-state index contributed by atoms with van der Waals surface area (Å²) in [6.07, 6.45) is 3.32. The average Bonchev–Trinajstić information content (AvgIpc) is 3.10. The van der Waals surface area contributed by atoms with Gasteiger partial charge in [0.25, 0.3) is 0 Å². The highest BCUT2D eigenvalue weighted by molar-refractivity contribution is 6.51. The second-order valence-electron chi connectivity index (χ2n) is 13.8. The summed E-state index contributed by atoms with van der Waals surface area (Å²) in [4.78, 5) is 66.5. The van der Waals surface area contributed by atoms with Gasteiger partial charge in [-0.25, -0.2) is 4.79 Å². The van der Waals surface area contributed by atoms with Gasteiger partial charge in [-0.05, 0) is 30.1 Å². The van der Waals surface area contributed by atoms with Crippen LogP contribution in [0.3, 0.4) is 0 Å². The van der Waals surface area contributed by atoms with E-state index >= 15 is 0 Å². The normalized spacial score (nSPS) is 26.4. The van der Waals surface area contributed by atoms with Crippen LogP contribution in [-0.4, -0.2) is 69.4 Å². The lowest BCUT2D eigenvalue weighted by molar-refractivity contribution is -0.144. The molecule has 0 bridgehead atoms. The van der Waals surface area contributed by atoms with Gasteiger partial charge in [0.1, 0.15) is 16.4 Å². The molecular weight excluding hydrogens is 543 g/mol. The fourth-order valence-electron chi connectivity index (χ4n) is 5.33. The highest BCUT2D eigenvalue weighted by Gasteiger charge is 2.74. The Morgan fingerprint density at radius 3 is 2.00 bits per heavy atom. The monoisotopic (exact) mass is 586 g/mol. The van der Waals surface area contributed by atoms with Crippen LogP contribution in [0.1, 0.15) is 81.1 Å². The van der Waals surface area contributed by atoms with Gasteiger partial charge in [-0.1, -0.05) is 60.8 Å². The molecule has 0 aromatic heterocycles. The Hall–Kier alpha value is -1.87. The number of rotatable bonds is 9. The fraction of sp³-hybridized carbons (Fsp3) is 0.821. The zero-order valence-corrected chi connectivity index (χ0v) is 25.8. The van der Waals surface area contributed by atoms with Gasteiger partial charge in [-0.15, -0.1) is 23.2 Å². The van der Waals surface area contributed by atoms with Crippen molar-refractivity contribution < 1.29 is 24.0 Å². The molecule has 39 heavy (non-hydrogen) atoms. The van der Waals surface area contributed by atoms with Crippen LogP contribution in [0.15, 0.2) is 0 Å². The third kappa shape index (κ3) is 6.89. The van der Waals surface area contributed by atoms with E-state index in [4.69, 9.17) is 23.2 Å². The molecule has 2 saturated carbocycles. The number of nitrogens with one attached hydrogen (secondary N) is 3. The van der Waals surface area contributed by atoms with E-state index in [1.165, 1.54) is 11.8 Å². The van der Waals surface area contributed by atoms with Crippen molar-refractivity contribution in [1.82, 2.24) is 20.9 Å². The smallest absolute Gasteiger partial charge is 0.315 e. The maximum absolute atomic E-state index is 14.0. The van der Waals surface area contributed by atoms with Crippen LogP contribution < -0.4 is 16.0 Å². The number of halogens is 2. The first-order chi connectivity index (χ1) is 17.8. The third-order valence-electron chi connectivity index (χ3n) is 8.69. The molecule has 6 atom stereocenters. The van der Waals surface area contributed by atoms with E-state index in [-0.39, 0.29) is 29.8 Å².